The second kappa shape index (κ2) is 9.20. The van der Waals surface area contributed by atoms with E-state index >= 15 is 0 Å². The van der Waals surface area contributed by atoms with Gasteiger partial charge in [-0.05, 0) is 31.2 Å². The highest BCUT2D eigenvalue weighted by molar-refractivity contribution is 6.02. The highest BCUT2D eigenvalue weighted by atomic mass is 16.2. The number of nitrogens with zero attached hydrogens (tertiary/aromatic N) is 1. The van der Waals surface area contributed by atoms with Crippen LogP contribution in [-0.2, 0) is 9.59 Å². The number of likely N-dealkylation sites (N-methyl/N-ethyl adjacent to an activating group) is 2. The van der Waals surface area contributed by atoms with E-state index in [0.29, 0.717) is 6.04 Å². The molecule has 0 heterocycles. The number of benzene rings is 2. The summed E-state index contributed by atoms with van der Waals surface area (Å²) in [5.74, 6) is 0.0520. The summed E-state index contributed by atoms with van der Waals surface area (Å²) >= 11 is 0. The predicted octanol–water partition coefficient (Wildman–Crippen LogP) is 2.47. The maximum Gasteiger partial charge on any atom is 0.280 e. The standard InChI is InChI=1S/C23H31N3O2/c1-17(23(28)26(3)19-12-5-4-6-13-19)25(2)16-22(27)24-21-15-9-11-18-10-7-8-14-20(18)21/h7-11,14-15,17,19H,4-6,12-13,16H2,1-3H3,(H,24,27)/p+1/t17-/m1/s1. The lowest BCUT2D eigenvalue weighted by Gasteiger charge is -2.33. The van der Waals surface area contributed by atoms with Crippen molar-refractivity contribution in [2.24, 2.45) is 0 Å². The van der Waals surface area contributed by atoms with Crippen LogP contribution in [0.25, 0.3) is 10.8 Å². The van der Waals surface area contributed by atoms with E-state index in [1.165, 1.54) is 19.3 Å². The number of carbonyl (C=O) groups excluding carboxylic acids is 2. The van der Waals surface area contributed by atoms with Crippen molar-refractivity contribution in [2.75, 3.05) is 26.0 Å². The van der Waals surface area contributed by atoms with Crippen molar-refractivity contribution in [3.05, 3.63) is 42.5 Å². The molecule has 3 rings (SSSR count). The molecule has 0 bridgehead atoms. The summed E-state index contributed by atoms with van der Waals surface area (Å²) in [7, 11) is 3.83. The second-order valence-electron chi connectivity index (χ2n) is 8.06. The van der Waals surface area contributed by atoms with Gasteiger partial charge in [0.05, 0.1) is 7.05 Å². The number of nitrogens with one attached hydrogen (secondary N) is 2. The Kier molecular flexibility index (Phi) is 6.68. The fourth-order valence-electron chi connectivity index (χ4n) is 4.10. The summed E-state index contributed by atoms with van der Waals surface area (Å²) in [5, 5.41) is 5.14. The highest BCUT2D eigenvalue weighted by Gasteiger charge is 2.30. The van der Waals surface area contributed by atoms with E-state index in [4.69, 9.17) is 0 Å². The molecular formula is C23H32N3O2+. The van der Waals surface area contributed by atoms with Gasteiger partial charge in [0.2, 0.25) is 0 Å². The van der Waals surface area contributed by atoms with Crippen molar-refractivity contribution < 1.29 is 14.5 Å². The minimum atomic E-state index is -0.245. The quantitative estimate of drug-likeness (QED) is 0.806. The van der Waals surface area contributed by atoms with Gasteiger partial charge in [0, 0.05) is 24.2 Å². The molecular weight excluding hydrogens is 350 g/mol. The van der Waals surface area contributed by atoms with E-state index in [1.54, 1.807) is 0 Å². The maximum absolute atomic E-state index is 12.9. The third kappa shape index (κ3) is 4.71. The van der Waals surface area contributed by atoms with Gasteiger partial charge >= 0.3 is 0 Å². The molecule has 0 aliphatic heterocycles. The average Bonchev–Trinajstić information content (AvgIpc) is 2.73. The summed E-state index contributed by atoms with van der Waals surface area (Å²) in [6.07, 6.45) is 5.86. The molecule has 0 aromatic heterocycles. The molecule has 1 fully saturated rings. The van der Waals surface area contributed by atoms with Gasteiger partial charge in [0.25, 0.3) is 11.8 Å². The lowest BCUT2D eigenvalue weighted by atomic mass is 9.94. The first-order valence-corrected chi connectivity index (χ1v) is 10.3. The first-order chi connectivity index (χ1) is 13.5. The van der Waals surface area contributed by atoms with E-state index in [2.05, 4.69) is 5.32 Å². The van der Waals surface area contributed by atoms with Crippen molar-refractivity contribution >= 4 is 28.3 Å². The van der Waals surface area contributed by atoms with Crippen LogP contribution in [-0.4, -0.2) is 49.4 Å². The number of carbonyl (C=O) groups is 2. The molecule has 2 N–H and O–H groups in total. The Bertz CT molecular complexity index is 824. The van der Waals surface area contributed by atoms with Crippen molar-refractivity contribution in [3.63, 3.8) is 0 Å². The van der Waals surface area contributed by atoms with Crippen LogP contribution in [0.4, 0.5) is 5.69 Å². The normalized spacial score (nSPS) is 17.1. The van der Waals surface area contributed by atoms with Gasteiger partial charge in [0.1, 0.15) is 0 Å². The molecule has 0 spiro atoms. The zero-order valence-corrected chi connectivity index (χ0v) is 17.2. The van der Waals surface area contributed by atoms with Crippen molar-refractivity contribution in [1.29, 1.82) is 0 Å². The Balaban J connectivity index is 1.59. The van der Waals surface area contributed by atoms with E-state index in [-0.39, 0.29) is 24.4 Å². The Morgan fingerprint density at radius 2 is 1.79 bits per heavy atom. The summed E-state index contributed by atoms with van der Waals surface area (Å²) in [6, 6.07) is 14.0. The zero-order valence-electron chi connectivity index (χ0n) is 17.2. The Morgan fingerprint density at radius 3 is 2.54 bits per heavy atom. The maximum atomic E-state index is 12.9. The molecule has 5 nitrogen and oxygen atoms in total. The van der Waals surface area contributed by atoms with Gasteiger partial charge < -0.3 is 15.1 Å². The van der Waals surface area contributed by atoms with Crippen molar-refractivity contribution in [1.82, 2.24) is 4.90 Å². The Morgan fingerprint density at radius 1 is 1.11 bits per heavy atom. The lowest BCUT2D eigenvalue weighted by molar-refractivity contribution is -0.886. The van der Waals surface area contributed by atoms with Crippen LogP contribution < -0.4 is 10.2 Å². The second-order valence-corrected chi connectivity index (χ2v) is 8.06. The van der Waals surface area contributed by atoms with Gasteiger partial charge in [-0.3, -0.25) is 9.59 Å². The molecule has 1 unspecified atom stereocenters. The number of quaternary nitrogens is 1. The first-order valence-electron chi connectivity index (χ1n) is 10.3. The largest absolute Gasteiger partial charge is 0.338 e. The van der Waals surface area contributed by atoms with Crippen molar-refractivity contribution in [2.45, 2.75) is 51.1 Å². The number of hydrogen-bond donors (Lipinski definition) is 2. The molecule has 150 valence electrons. The van der Waals surface area contributed by atoms with Crippen LogP contribution in [0.2, 0.25) is 0 Å². The third-order valence-electron chi connectivity index (χ3n) is 6.08. The van der Waals surface area contributed by atoms with Crippen LogP contribution in [0.5, 0.6) is 0 Å². The fraction of sp³-hybridized carbons (Fsp3) is 0.478. The average molecular weight is 383 g/mol. The van der Waals surface area contributed by atoms with E-state index in [1.807, 2.05) is 68.4 Å². The molecule has 1 saturated carbocycles. The SMILES string of the molecule is C[C@H](C(=O)N(C)C1CCCCC1)[NH+](C)CC(=O)Nc1cccc2ccccc12. The Hall–Kier alpha value is -2.40. The van der Waals surface area contributed by atoms with Gasteiger partial charge in [0.15, 0.2) is 12.6 Å². The highest BCUT2D eigenvalue weighted by Crippen LogP contribution is 2.23. The molecule has 2 atom stereocenters. The monoisotopic (exact) mass is 382 g/mol. The lowest BCUT2D eigenvalue weighted by Crippen LogP contribution is -3.15. The van der Waals surface area contributed by atoms with Crippen LogP contribution in [0, 0.1) is 0 Å². The molecule has 2 amide bonds. The first kappa shape index (κ1) is 20.3. The summed E-state index contributed by atoms with van der Waals surface area (Å²) in [5.41, 5.74) is 0.814. The minimum absolute atomic E-state index is 0.0752. The fourth-order valence-corrected chi connectivity index (χ4v) is 4.10. The van der Waals surface area contributed by atoms with Gasteiger partial charge in [-0.1, -0.05) is 55.7 Å². The number of rotatable bonds is 6. The molecule has 28 heavy (non-hydrogen) atoms. The molecule has 0 radical (unpaired) electrons. The van der Waals surface area contributed by atoms with Crippen LogP contribution in [0.15, 0.2) is 42.5 Å². The predicted molar refractivity (Wildman–Crippen MR) is 113 cm³/mol. The van der Waals surface area contributed by atoms with Gasteiger partial charge in [-0.15, -0.1) is 0 Å². The number of hydrogen-bond acceptors (Lipinski definition) is 2. The smallest absolute Gasteiger partial charge is 0.280 e. The van der Waals surface area contributed by atoms with Crippen LogP contribution in [0.1, 0.15) is 39.0 Å². The third-order valence-corrected chi connectivity index (χ3v) is 6.08. The van der Waals surface area contributed by atoms with Gasteiger partial charge in [-0.25, -0.2) is 0 Å². The van der Waals surface area contributed by atoms with Crippen molar-refractivity contribution in [3.8, 4) is 0 Å². The van der Waals surface area contributed by atoms with Gasteiger partial charge in [-0.2, -0.15) is 0 Å². The molecule has 1 aliphatic rings. The van der Waals surface area contributed by atoms with E-state index in [9.17, 15) is 9.59 Å². The van der Waals surface area contributed by atoms with E-state index in [0.717, 1.165) is 34.2 Å². The summed E-state index contributed by atoms with van der Waals surface area (Å²) in [6.45, 7) is 2.18. The zero-order chi connectivity index (χ0) is 20.1. The van der Waals surface area contributed by atoms with Crippen LogP contribution in [0.3, 0.4) is 0 Å². The minimum Gasteiger partial charge on any atom is -0.338 e. The molecule has 5 heteroatoms. The number of amides is 2. The molecule has 2 aromatic carbocycles. The molecule has 0 saturated heterocycles. The van der Waals surface area contributed by atoms with Crippen LogP contribution >= 0.6 is 0 Å². The molecule has 2 aromatic rings. The number of fused-ring (bicyclic) bond motifs is 1. The van der Waals surface area contributed by atoms with E-state index < -0.39 is 0 Å². The summed E-state index contributed by atoms with van der Waals surface area (Å²) < 4.78 is 0. The Labute approximate surface area is 167 Å². The number of anilines is 1. The molecule has 1 aliphatic carbocycles. The summed E-state index contributed by atoms with van der Waals surface area (Å²) in [4.78, 5) is 28.3. The topological polar surface area (TPSA) is 53.9 Å².